The van der Waals surface area contributed by atoms with Gasteiger partial charge in [-0.15, -0.1) is 0 Å². The number of nitrogens with zero attached hydrogens (tertiary/aromatic N) is 1. The minimum Gasteiger partial charge on any atom is -0.330 e. The van der Waals surface area contributed by atoms with E-state index >= 15 is 0 Å². The lowest BCUT2D eigenvalue weighted by Gasteiger charge is -2.37. The van der Waals surface area contributed by atoms with Crippen molar-refractivity contribution in [3.63, 3.8) is 0 Å². The lowest BCUT2D eigenvalue weighted by molar-refractivity contribution is 0.130. The van der Waals surface area contributed by atoms with Crippen molar-refractivity contribution in [2.24, 2.45) is 11.7 Å². The summed E-state index contributed by atoms with van der Waals surface area (Å²) in [6.07, 6.45) is 12.3. The van der Waals surface area contributed by atoms with E-state index in [-0.39, 0.29) is 0 Å². The fraction of sp³-hybridized carbons (Fsp3) is 1.00. The van der Waals surface area contributed by atoms with Crippen LogP contribution >= 0.6 is 0 Å². The molecule has 0 unspecified atom stereocenters. The summed E-state index contributed by atoms with van der Waals surface area (Å²) in [4.78, 5) is 2.78. The van der Waals surface area contributed by atoms with Crippen molar-refractivity contribution < 1.29 is 0 Å². The summed E-state index contributed by atoms with van der Waals surface area (Å²) in [7, 11) is 0. The first-order valence-electron chi connectivity index (χ1n) is 8.25. The molecule has 0 bridgehead atoms. The van der Waals surface area contributed by atoms with Crippen LogP contribution in [-0.4, -0.2) is 30.6 Å². The summed E-state index contributed by atoms with van der Waals surface area (Å²) in [5, 5.41) is 0. The first-order chi connectivity index (χ1) is 8.81. The van der Waals surface area contributed by atoms with Crippen LogP contribution in [0.2, 0.25) is 0 Å². The molecule has 0 aliphatic heterocycles. The summed E-state index contributed by atoms with van der Waals surface area (Å²) in [5.74, 6) is 0.922. The fourth-order valence-corrected chi connectivity index (χ4v) is 3.23. The zero-order chi connectivity index (χ0) is 13.2. The average molecular weight is 254 g/mol. The van der Waals surface area contributed by atoms with Gasteiger partial charge < -0.3 is 10.6 Å². The molecule has 0 aromatic rings. The third-order valence-corrected chi connectivity index (χ3v) is 4.51. The first-order valence-corrected chi connectivity index (χ1v) is 8.25. The second-order valence-electron chi connectivity index (χ2n) is 5.99. The minimum absolute atomic E-state index is 0.872. The lowest BCUT2D eigenvalue weighted by atomic mass is 9.83. The molecule has 0 heterocycles. The van der Waals surface area contributed by atoms with E-state index in [4.69, 9.17) is 5.73 Å². The van der Waals surface area contributed by atoms with Crippen LogP contribution in [0.5, 0.6) is 0 Å². The molecule has 2 nitrogen and oxygen atoms in total. The van der Waals surface area contributed by atoms with Gasteiger partial charge in [0.15, 0.2) is 0 Å². The van der Waals surface area contributed by atoms with Gasteiger partial charge in [-0.25, -0.2) is 0 Å². The van der Waals surface area contributed by atoms with Gasteiger partial charge in [0.25, 0.3) is 0 Å². The number of nitrogens with two attached hydrogens (primary N) is 1. The topological polar surface area (TPSA) is 29.3 Å². The zero-order valence-corrected chi connectivity index (χ0v) is 12.7. The van der Waals surface area contributed by atoms with Crippen molar-refractivity contribution in [2.75, 3.05) is 19.6 Å². The van der Waals surface area contributed by atoms with Crippen molar-refractivity contribution in [3.05, 3.63) is 0 Å². The van der Waals surface area contributed by atoms with Gasteiger partial charge in [-0.05, 0) is 70.5 Å². The molecule has 1 fully saturated rings. The van der Waals surface area contributed by atoms with Crippen molar-refractivity contribution in [1.82, 2.24) is 4.90 Å². The summed E-state index contributed by atoms with van der Waals surface area (Å²) < 4.78 is 0. The minimum atomic E-state index is 0.872. The molecular formula is C16H34N2. The van der Waals surface area contributed by atoms with Crippen LogP contribution in [0.3, 0.4) is 0 Å². The van der Waals surface area contributed by atoms with Gasteiger partial charge >= 0.3 is 0 Å². The number of hydrogen-bond acceptors (Lipinski definition) is 2. The Bertz CT molecular complexity index is 178. The zero-order valence-electron chi connectivity index (χ0n) is 12.7. The van der Waals surface area contributed by atoms with Gasteiger partial charge in [-0.1, -0.05) is 26.7 Å². The van der Waals surface area contributed by atoms with Crippen LogP contribution in [-0.2, 0) is 0 Å². The van der Waals surface area contributed by atoms with Crippen LogP contribution in [0.4, 0.5) is 0 Å². The average Bonchev–Trinajstić information content (AvgIpc) is 2.41. The Morgan fingerprint density at radius 1 is 0.944 bits per heavy atom. The molecule has 2 heteroatoms. The third-order valence-electron chi connectivity index (χ3n) is 4.51. The molecule has 108 valence electrons. The predicted molar refractivity (Wildman–Crippen MR) is 80.8 cm³/mol. The van der Waals surface area contributed by atoms with Crippen LogP contribution in [0, 0.1) is 5.92 Å². The highest BCUT2D eigenvalue weighted by atomic mass is 15.1. The van der Waals surface area contributed by atoms with Gasteiger partial charge in [0.05, 0.1) is 0 Å². The highest BCUT2D eigenvalue weighted by molar-refractivity contribution is 4.80. The maximum Gasteiger partial charge on any atom is 0.00954 e. The van der Waals surface area contributed by atoms with Crippen LogP contribution in [0.25, 0.3) is 0 Å². The number of unbranched alkanes of at least 4 members (excludes halogenated alkanes) is 2. The smallest absolute Gasteiger partial charge is 0.00954 e. The number of hydrogen-bond donors (Lipinski definition) is 1. The Morgan fingerprint density at radius 2 is 1.50 bits per heavy atom. The molecule has 1 aliphatic carbocycles. The van der Waals surface area contributed by atoms with Gasteiger partial charge in [0, 0.05) is 6.04 Å². The van der Waals surface area contributed by atoms with E-state index in [1.807, 2.05) is 0 Å². The Balaban J connectivity index is 2.33. The molecule has 0 aromatic carbocycles. The molecule has 18 heavy (non-hydrogen) atoms. The molecule has 1 aliphatic rings. The van der Waals surface area contributed by atoms with Crippen molar-refractivity contribution in [2.45, 2.75) is 77.7 Å². The second-order valence-corrected chi connectivity index (χ2v) is 5.99. The lowest BCUT2D eigenvalue weighted by Crippen LogP contribution is -2.39. The third kappa shape index (κ3) is 5.71. The molecule has 0 amide bonds. The first kappa shape index (κ1) is 16.0. The van der Waals surface area contributed by atoms with E-state index in [1.54, 1.807) is 0 Å². The van der Waals surface area contributed by atoms with E-state index in [9.17, 15) is 0 Å². The molecule has 1 rings (SSSR count). The van der Waals surface area contributed by atoms with Crippen molar-refractivity contribution in [1.29, 1.82) is 0 Å². The molecule has 2 N–H and O–H groups in total. The normalized spacial score (nSPS) is 24.7. The molecular weight excluding hydrogens is 220 g/mol. The molecule has 0 atom stereocenters. The summed E-state index contributed by atoms with van der Waals surface area (Å²) in [6, 6.07) is 0.872. The number of rotatable bonds is 9. The second kappa shape index (κ2) is 9.80. The Labute approximate surface area is 114 Å². The Hall–Kier alpha value is -0.0800. The van der Waals surface area contributed by atoms with Gasteiger partial charge in [0.1, 0.15) is 0 Å². The van der Waals surface area contributed by atoms with Crippen molar-refractivity contribution in [3.8, 4) is 0 Å². The highest BCUT2D eigenvalue weighted by Crippen LogP contribution is 2.29. The van der Waals surface area contributed by atoms with Gasteiger partial charge in [0.2, 0.25) is 0 Å². The largest absolute Gasteiger partial charge is 0.330 e. The molecule has 0 saturated heterocycles. The molecule has 0 aromatic heterocycles. The van der Waals surface area contributed by atoms with E-state index in [1.165, 1.54) is 70.9 Å². The van der Waals surface area contributed by atoms with E-state index in [0.717, 1.165) is 18.5 Å². The molecule has 0 spiro atoms. The van der Waals surface area contributed by atoms with E-state index in [0.29, 0.717) is 0 Å². The van der Waals surface area contributed by atoms with Crippen LogP contribution in [0.1, 0.15) is 71.6 Å². The highest BCUT2D eigenvalue weighted by Gasteiger charge is 2.24. The standard InChI is InChI=1S/C16H34N2/c1-3-5-13-18(14-6-4-2)16-9-7-15(8-10-16)11-12-17/h15-16H,3-14,17H2,1-2H3. The Morgan fingerprint density at radius 3 is 1.94 bits per heavy atom. The summed E-state index contributed by atoms with van der Waals surface area (Å²) in [5.41, 5.74) is 5.67. The molecule has 0 radical (unpaired) electrons. The van der Waals surface area contributed by atoms with Crippen LogP contribution in [0.15, 0.2) is 0 Å². The van der Waals surface area contributed by atoms with E-state index in [2.05, 4.69) is 18.7 Å². The van der Waals surface area contributed by atoms with Gasteiger partial charge in [-0.3, -0.25) is 0 Å². The van der Waals surface area contributed by atoms with Gasteiger partial charge in [-0.2, -0.15) is 0 Å². The predicted octanol–water partition coefficient (Wildman–Crippen LogP) is 3.80. The van der Waals surface area contributed by atoms with Crippen LogP contribution < -0.4 is 5.73 Å². The maximum absolute atomic E-state index is 5.67. The molecule has 1 saturated carbocycles. The Kier molecular flexibility index (Phi) is 8.70. The quantitative estimate of drug-likeness (QED) is 0.678. The monoisotopic (exact) mass is 254 g/mol. The fourth-order valence-electron chi connectivity index (χ4n) is 3.23. The summed E-state index contributed by atoms with van der Waals surface area (Å²) >= 11 is 0. The maximum atomic E-state index is 5.67. The van der Waals surface area contributed by atoms with E-state index < -0.39 is 0 Å². The summed E-state index contributed by atoms with van der Waals surface area (Å²) in [6.45, 7) is 8.13. The SMILES string of the molecule is CCCCN(CCCC)C1CCC(CCN)CC1. The van der Waals surface area contributed by atoms with Crippen molar-refractivity contribution >= 4 is 0 Å².